The van der Waals surface area contributed by atoms with Crippen molar-refractivity contribution in [2.45, 2.75) is 39.7 Å². The summed E-state index contributed by atoms with van der Waals surface area (Å²) >= 11 is 0. The van der Waals surface area contributed by atoms with Crippen LogP contribution in [0.1, 0.15) is 62.2 Å². The Kier molecular flexibility index (Phi) is 6.41. The second kappa shape index (κ2) is 8.83. The number of aromatic amines is 1. The number of ketones is 2. The van der Waals surface area contributed by atoms with Crippen LogP contribution in [-0.4, -0.2) is 58.8 Å². The van der Waals surface area contributed by atoms with Crippen LogP contribution in [0.5, 0.6) is 5.75 Å². The fraction of sp³-hybridized carbons (Fsp3) is 0.435. The lowest BCUT2D eigenvalue weighted by Crippen LogP contribution is -2.45. The van der Waals surface area contributed by atoms with Gasteiger partial charge in [-0.2, -0.15) is 0 Å². The number of piperidine rings is 1. The molecule has 2 heterocycles. The third-order valence-electron chi connectivity index (χ3n) is 6.05. The van der Waals surface area contributed by atoms with Gasteiger partial charge in [0.2, 0.25) is 0 Å². The van der Waals surface area contributed by atoms with Crippen LogP contribution in [0.2, 0.25) is 0 Å². The van der Waals surface area contributed by atoms with Gasteiger partial charge in [0.25, 0.3) is 0 Å². The number of likely N-dealkylation sites (tertiary alicyclic amines) is 1. The van der Waals surface area contributed by atoms with Gasteiger partial charge in [0.15, 0.2) is 11.6 Å². The SMILES string of the molecule is COC(=O)c1c(C)[nH]c(C(=O)[C@@H](C)N2CCC(C(=O)c3ccc(O)cc3)CC2)c1C. The molecule has 0 radical (unpaired) electrons. The Labute approximate surface area is 176 Å². The lowest BCUT2D eigenvalue weighted by atomic mass is 9.88. The molecule has 1 fully saturated rings. The number of aromatic hydroxyl groups is 1. The Morgan fingerprint density at radius 3 is 2.30 bits per heavy atom. The first-order chi connectivity index (χ1) is 14.2. The topological polar surface area (TPSA) is 99.7 Å². The van der Waals surface area contributed by atoms with E-state index in [0.717, 1.165) is 0 Å². The number of nitrogens with zero attached hydrogens (tertiary/aromatic N) is 1. The molecule has 1 aliphatic rings. The minimum atomic E-state index is -0.457. The first-order valence-electron chi connectivity index (χ1n) is 10.1. The number of nitrogens with one attached hydrogen (secondary N) is 1. The summed E-state index contributed by atoms with van der Waals surface area (Å²) in [5, 5.41) is 9.40. The molecule has 1 aromatic heterocycles. The molecule has 0 spiro atoms. The maximum atomic E-state index is 13.1. The number of Topliss-reactive ketones (excluding diaryl/α,β-unsaturated/α-hetero) is 2. The molecule has 0 amide bonds. The highest BCUT2D eigenvalue weighted by molar-refractivity contribution is 6.03. The van der Waals surface area contributed by atoms with Gasteiger partial charge in [-0.15, -0.1) is 0 Å². The molecule has 2 aromatic rings. The van der Waals surface area contributed by atoms with E-state index in [0.29, 0.717) is 54.0 Å². The minimum Gasteiger partial charge on any atom is -0.508 e. The van der Waals surface area contributed by atoms with Gasteiger partial charge in [0, 0.05) is 17.2 Å². The van der Waals surface area contributed by atoms with E-state index < -0.39 is 5.97 Å². The molecule has 2 N–H and O–H groups in total. The van der Waals surface area contributed by atoms with E-state index in [2.05, 4.69) is 9.88 Å². The van der Waals surface area contributed by atoms with E-state index in [1.165, 1.54) is 19.2 Å². The fourth-order valence-electron chi connectivity index (χ4n) is 4.19. The average Bonchev–Trinajstić information content (AvgIpc) is 3.06. The molecule has 7 nitrogen and oxygen atoms in total. The van der Waals surface area contributed by atoms with Gasteiger partial charge in [-0.1, -0.05) is 0 Å². The summed E-state index contributed by atoms with van der Waals surface area (Å²) in [5.74, 6) is -0.407. The second-order valence-electron chi connectivity index (χ2n) is 7.88. The summed E-state index contributed by atoms with van der Waals surface area (Å²) in [6.07, 6.45) is 1.35. The molecule has 0 aliphatic carbocycles. The van der Waals surface area contributed by atoms with Crippen LogP contribution in [0, 0.1) is 19.8 Å². The molecule has 7 heteroatoms. The van der Waals surface area contributed by atoms with Gasteiger partial charge in [0.05, 0.1) is 24.4 Å². The lowest BCUT2D eigenvalue weighted by Gasteiger charge is -2.34. The number of carbonyl (C=O) groups excluding carboxylic acids is 3. The number of hydrogen-bond acceptors (Lipinski definition) is 6. The molecular formula is C23H28N2O5. The molecule has 0 unspecified atom stereocenters. The average molecular weight is 412 g/mol. The van der Waals surface area contributed by atoms with Crippen molar-refractivity contribution in [3.63, 3.8) is 0 Å². The van der Waals surface area contributed by atoms with Gasteiger partial charge >= 0.3 is 5.97 Å². The van der Waals surface area contributed by atoms with Gasteiger partial charge in [-0.05, 0) is 76.5 Å². The van der Waals surface area contributed by atoms with Crippen molar-refractivity contribution in [2.75, 3.05) is 20.2 Å². The van der Waals surface area contributed by atoms with Crippen molar-refractivity contribution in [3.05, 3.63) is 52.3 Å². The van der Waals surface area contributed by atoms with Gasteiger partial charge in [-0.3, -0.25) is 14.5 Å². The third-order valence-corrected chi connectivity index (χ3v) is 6.05. The van der Waals surface area contributed by atoms with Crippen LogP contribution in [0.3, 0.4) is 0 Å². The molecule has 1 atom stereocenters. The number of aromatic nitrogens is 1. The highest BCUT2D eigenvalue weighted by Gasteiger charge is 2.32. The lowest BCUT2D eigenvalue weighted by molar-refractivity contribution is 0.0599. The molecule has 1 saturated heterocycles. The number of methoxy groups -OCH3 is 1. The molecule has 30 heavy (non-hydrogen) atoms. The van der Waals surface area contributed by atoms with Crippen molar-refractivity contribution in [1.82, 2.24) is 9.88 Å². The number of hydrogen-bond donors (Lipinski definition) is 2. The van der Waals surface area contributed by atoms with E-state index >= 15 is 0 Å². The van der Waals surface area contributed by atoms with Crippen LogP contribution in [0.15, 0.2) is 24.3 Å². The third kappa shape index (κ3) is 4.16. The van der Waals surface area contributed by atoms with Crippen molar-refractivity contribution < 1.29 is 24.2 Å². The van der Waals surface area contributed by atoms with Gasteiger partial charge in [0.1, 0.15) is 5.75 Å². The quantitative estimate of drug-likeness (QED) is 0.558. The minimum absolute atomic E-state index is 0.0749. The van der Waals surface area contributed by atoms with Gasteiger partial charge < -0.3 is 14.8 Å². The Morgan fingerprint density at radius 2 is 1.73 bits per heavy atom. The van der Waals surface area contributed by atoms with Gasteiger partial charge in [-0.25, -0.2) is 4.79 Å². The maximum Gasteiger partial charge on any atom is 0.339 e. The number of rotatable bonds is 6. The zero-order chi connectivity index (χ0) is 22.0. The number of benzene rings is 1. The number of esters is 1. The Hall–Kier alpha value is -2.93. The van der Waals surface area contributed by atoms with Crippen molar-refractivity contribution in [3.8, 4) is 5.75 Å². The van der Waals surface area contributed by atoms with Crippen LogP contribution >= 0.6 is 0 Å². The number of aryl methyl sites for hydroxylation is 1. The molecule has 0 saturated carbocycles. The Balaban J connectivity index is 1.66. The Bertz CT molecular complexity index is 953. The monoisotopic (exact) mass is 412 g/mol. The second-order valence-corrected chi connectivity index (χ2v) is 7.88. The van der Waals surface area contributed by atoms with E-state index in [-0.39, 0.29) is 29.3 Å². The van der Waals surface area contributed by atoms with Crippen molar-refractivity contribution in [2.24, 2.45) is 5.92 Å². The number of phenols is 1. The first-order valence-corrected chi connectivity index (χ1v) is 10.1. The summed E-state index contributed by atoms with van der Waals surface area (Å²) in [6, 6.07) is 5.97. The number of carbonyl (C=O) groups is 3. The van der Waals surface area contributed by atoms with E-state index in [9.17, 15) is 19.5 Å². The van der Waals surface area contributed by atoms with E-state index in [1.54, 1.807) is 26.0 Å². The summed E-state index contributed by atoms with van der Waals surface area (Å²) in [4.78, 5) is 42.9. The zero-order valence-electron chi connectivity index (χ0n) is 17.8. The van der Waals surface area contributed by atoms with E-state index in [1.807, 2.05) is 6.92 Å². The molecule has 1 aliphatic heterocycles. The summed E-state index contributed by atoms with van der Waals surface area (Å²) in [7, 11) is 1.32. The van der Waals surface area contributed by atoms with E-state index in [4.69, 9.17) is 4.74 Å². The predicted octanol–water partition coefficient (Wildman–Crippen LogP) is 3.29. The van der Waals surface area contributed by atoms with Crippen molar-refractivity contribution in [1.29, 1.82) is 0 Å². The van der Waals surface area contributed by atoms with Crippen LogP contribution in [-0.2, 0) is 4.74 Å². The van der Waals surface area contributed by atoms with Crippen LogP contribution in [0.4, 0.5) is 0 Å². The van der Waals surface area contributed by atoms with Crippen molar-refractivity contribution >= 4 is 17.5 Å². The summed E-state index contributed by atoms with van der Waals surface area (Å²) < 4.78 is 4.82. The Morgan fingerprint density at radius 1 is 1.13 bits per heavy atom. The molecule has 1 aromatic carbocycles. The summed E-state index contributed by atoms with van der Waals surface area (Å²) in [6.45, 7) is 6.64. The maximum absolute atomic E-state index is 13.1. The predicted molar refractivity (Wildman–Crippen MR) is 112 cm³/mol. The molecule has 160 valence electrons. The standard InChI is InChI=1S/C23H28N2O5/c1-13-19(23(29)30-4)14(2)24-20(13)21(27)15(3)25-11-9-17(10-12-25)22(28)16-5-7-18(26)8-6-16/h5-8,15,17,24,26H,9-12H2,1-4H3/t15-/m1/s1. The highest BCUT2D eigenvalue weighted by atomic mass is 16.5. The number of ether oxygens (including phenoxy) is 1. The normalized spacial score (nSPS) is 16.3. The molecule has 3 rings (SSSR count). The largest absolute Gasteiger partial charge is 0.508 e. The number of H-pyrrole nitrogens is 1. The van der Waals surface area contributed by atoms with Crippen LogP contribution < -0.4 is 0 Å². The number of phenolic OH excluding ortho intramolecular Hbond substituents is 1. The highest BCUT2D eigenvalue weighted by Crippen LogP contribution is 2.26. The zero-order valence-corrected chi connectivity index (χ0v) is 17.8. The smallest absolute Gasteiger partial charge is 0.339 e. The fourth-order valence-corrected chi connectivity index (χ4v) is 4.19. The summed E-state index contributed by atoms with van der Waals surface area (Å²) in [5.41, 5.74) is 2.67. The molecular weight excluding hydrogens is 384 g/mol. The van der Waals surface area contributed by atoms with Crippen LogP contribution in [0.25, 0.3) is 0 Å². The first kappa shape index (κ1) is 21.8. The molecule has 0 bridgehead atoms.